The molecule has 20 heavy (non-hydrogen) atoms. The van der Waals surface area contributed by atoms with E-state index in [1.807, 2.05) is 0 Å². The third-order valence-electron chi connectivity index (χ3n) is 2.22. The predicted molar refractivity (Wildman–Crippen MR) is 71.0 cm³/mol. The first-order valence-corrected chi connectivity index (χ1v) is 5.86. The molecule has 4 heteroatoms. The van der Waals surface area contributed by atoms with Crippen molar-refractivity contribution >= 4 is 11.6 Å². The van der Waals surface area contributed by atoms with Gasteiger partial charge in [-0.3, -0.25) is 16.2 Å². The van der Waals surface area contributed by atoms with Crippen LogP contribution in [0.1, 0.15) is 20.7 Å². The van der Waals surface area contributed by atoms with Crippen LogP contribution in [0.5, 0.6) is 0 Å². The van der Waals surface area contributed by atoms with Crippen LogP contribution in [0.2, 0.25) is 0 Å². The quantitative estimate of drug-likeness (QED) is 0.497. The maximum absolute atomic E-state index is 11.8. The molecule has 0 amide bonds. The summed E-state index contributed by atoms with van der Waals surface area (Å²) in [6.45, 7) is 7.00. The van der Waals surface area contributed by atoms with Gasteiger partial charge in [0, 0.05) is 5.56 Å². The van der Waals surface area contributed by atoms with Crippen LogP contribution in [0.25, 0.3) is 0 Å². The second-order valence-electron chi connectivity index (χ2n) is 3.31. The SMILES string of the molecule is O=C(C(=O)c1ccccc1)c1cc[c-]cc1.[CH-]=C.[O]=[Co]. The Bertz CT molecular complexity index is 487. The molecule has 0 bridgehead atoms. The third-order valence-corrected chi connectivity index (χ3v) is 2.22. The summed E-state index contributed by atoms with van der Waals surface area (Å²) in [5, 5.41) is 0. The molecule has 0 aromatic heterocycles. The van der Waals surface area contributed by atoms with Crippen molar-refractivity contribution in [2.45, 2.75) is 0 Å². The average molecular weight is 311 g/mol. The van der Waals surface area contributed by atoms with Gasteiger partial charge < -0.3 is 6.58 Å². The molecule has 0 saturated carbocycles. The molecule has 0 radical (unpaired) electrons. The molecule has 0 atom stereocenters. The fourth-order valence-electron chi connectivity index (χ4n) is 1.39. The number of Topliss-reactive ketones (excluding diaryl/α,β-unsaturated/α-hetero) is 2. The van der Waals surface area contributed by atoms with Crippen LogP contribution in [0, 0.1) is 12.6 Å². The van der Waals surface area contributed by atoms with Crippen LogP contribution in [0.15, 0.2) is 61.2 Å². The van der Waals surface area contributed by atoms with E-state index in [1.54, 1.807) is 54.6 Å². The first-order chi connectivity index (χ1) is 9.79. The van der Waals surface area contributed by atoms with Gasteiger partial charge in [-0.25, -0.2) is 0 Å². The fraction of sp³-hybridized carbons (Fsp3) is 0. The summed E-state index contributed by atoms with van der Waals surface area (Å²) in [5.41, 5.74) is 0.813. The van der Waals surface area contributed by atoms with Gasteiger partial charge >= 0.3 is 19.5 Å². The summed E-state index contributed by atoms with van der Waals surface area (Å²) in [5.74, 6) is -0.966. The maximum atomic E-state index is 11.8. The number of carbonyl (C=O) groups is 2. The van der Waals surface area contributed by atoms with E-state index in [9.17, 15) is 9.59 Å². The number of carbonyl (C=O) groups excluding carboxylic acids is 2. The minimum absolute atomic E-state index is 0.396. The van der Waals surface area contributed by atoms with E-state index in [2.05, 4.69) is 34.9 Å². The van der Waals surface area contributed by atoms with Crippen molar-refractivity contribution in [3.8, 4) is 0 Å². The Kier molecular flexibility index (Phi) is 9.56. The molecule has 0 spiro atoms. The zero-order chi connectivity index (χ0) is 15.4. The van der Waals surface area contributed by atoms with E-state index >= 15 is 0 Å². The summed E-state index contributed by atoms with van der Waals surface area (Å²) in [4.78, 5) is 23.6. The van der Waals surface area contributed by atoms with Gasteiger partial charge in [-0.1, -0.05) is 35.9 Å². The van der Waals surface area contributed by atoms with Gasteiger partial charge in [0.15, 0.2) is 0 Å². The van der Waals surface area contributed by atoms with Crippen molar-refractivity contribution in [2.24, 2.45) is 0 Å². The predicted octanol–water partition coefficient (Wildman–Crippen LogP) is 3.04. The van der Waals surface area contributed by atoms with Gasteiger partial charge in [-0.15, -0.1) is 0 Å². The Morgan fingerprint density at radius 1 is 0.850 bits per heavy atom. The molecule has 0 saturated heterocycles. The van der Waals surface area contributed by atoms with Crippen molar-refractivity contribution in [1.82, 2.24) is 0 Å². The van der Waals surface area contributed by atoms with Gasteiger partial charge in [0.05, 0.1) is 0 Å². The average Bonchev–Trinajstić information content (AvgIpc) is 2.59. The van der Waals surface area contributed by atoms with Crippen molar-refractivity contribution in [1.29, 1.82) is 0 Å². The molecular formula is C16H12CoO3-2. The van der Waals surface area contributed by atoms with Crippen LogP contribution >= 0.6 is 0 Å². The van der Waals surface area contributed by atoms with Crippen LogP contribution in [0.3, 0.4) is 0 Å². The Morgan fingerprint density at radius 2 is 1.25 bits per heavy atom. The van der Waals surface area contributed by atoms with Crippen molar-refractivity contribution in [2.75, 3.05) is 0 Å². The summed E-state index contributed by atoms with van der Waals surface area (Å²) in [7, 11) is 0. The van der Waals surface area contributed by atoms with Crippen LogP contribution in [0.4, 0.5) is 0 Å². The zero-order valence-corrected chi connectivity index (χ0v) is 11.6. The van der Waals surface area contributed by atoms with E-state index in [0.29, 0.717) is 11.1 Å². The number of hydrogen-bond acceptors (Lipinski definition) is 3. The molecule has 2 aromatic carbocycles. The molecule has 2 rings (SSSR count). The van der Waals surface area contributed by atoms with E-state index in [0.717, 1.165) is 0 Å². The van der Waals surface area contributed by atoms with Gasteiger partial charge in [-0.2, -0.15) is 30.3 Å². The Hall–Kier alpha value is -2.17. The molecule has 0 fully saturated rings. The van der Waals surface area contributed by atoms with E-state index < -0.39 is 11.6 Å². The number of hydrogen-bond donors (Lipinski definition) is 0. The number of ketones is 2. The summed E-state index contributed by atoms with van der Waals surface area (Å²) in [6, 6.07) is 17.8. The molecule has 2 aromatic rings. The van der Waals surface area contributed by atoms with Crippen molar-refractivity contribution in [3.63, 3.8) is 0 Å². The van der Waals surface area contributed by atoms with E-state index in [1.165, 1.54) is 0 Å². The molecule has 3 nitrogen and oxygen atoms in total. The van der Waals surface area contributed by atoms with Crippen LogP contribution in [-0.2, 0) is 19.5 Å². The standard InChI is InChI=1S/C14H9O2.C2H3.Co.O/c15-13(11-7-3-1-4-8-11)14(16)12-9-5-2-6-10-12;1-2;;/h1,3-10H;1H,2H2;;/q2*-1;;. The Balaban J connectivity index is 0.000000829. The minimum atomic E-state index is -0.486. The van der Waals surface area contributed by atoms with Gasteiger partial charge in [0.25, 0.3) is 0 Å². The van der Waals surface area contributed by atoms with Crippen LogP contribution < -0.4 is 0 Å². The zero-order valence-electron chi connectivity index (χ0n) is 10.5. The monoisotopic (exact) mass is 311 g/mol. The summed E-state index contributed by atoms with van der Waals surface area (Å²) >= 11 is 2.31. The molecule has 0 aliphatic rings. The van der Waals surface area contributed by atoms with Gasteiger partial charge in [0.1, 0.15) is 0 Å². The molecule has 0 aliphatic carbocycles. The fourth-order valence-corrected chi connectivity index (χ4v) is 1.39. The molecule has 0 unspecified atom stereocenters. The molecule has 0 heterocycles. The molecule has 105 valence electrons. The van der Waals surface area contributed by atoms with Crippen molar-refractivity contribution in [3.05, 3.63) is 84.9 Å². The van der Waals surface area contributed by atoms with E-state index in [4.69, 9.17) is 3.87 Å². The first kappa shape index (κ1) is 17.8. The van der Waals surface area contributed by atoms with Gasteiger partial charge in [0.2, 0.25) is 11.6 Å². The van der Waals surface area contributed by atoms with Crippen LogP contribution in [-0.4, -0.2) is 11.6 Å². The third kappa shape index (κ3) is 5.22. The van der Waals surface area contributed by atoms with E-state index in [-0.39, 0.29) is 0 Å². The van der Waals surface area contributed by atoms with Crippen molar-refractivity contribution < 1.29 is 29.1 Å². The number of rotatable bonds is 3. The first-order valence-electron chi connectivity index (χ1n) is 5.43. The molecule has 0 aliphatic heterocycles. The molecule has 0 N–H and O–H groups in total. The summed E-state index contributed by atoms with van der Waals surface area (Å²) in [6.07, 6.45) is 0. The second kappa shape index (κ2) is 10.7. The van der Waals surface area contributed by atoms with Gasteiger partial charge in [-0.05, 0) is 0 Å². The Morgan fingerprint density at radius 3 is 1.70 bits per heavy atom. The Labute approximate surface area is 126 Å². The second-order valence-corrected chi connectivity index (χ2v) is 3.31. The number of benzene rings is 2. The summed E-state index contributed by atoms with van der Waals surface area (Å²) < 4.78 is 7.94. The topological polar surface area (TPSA) is 51.2 Å². The normalized spacial score (nSPS) is 8.25. The molecular weight excluding hydrogens is 299 g/mol.